The standard InChI is InChI=1S/C18H21F2N3O/c1-24-18-21-8-5-15(22-18)12-23-9-6-13(7-10-23)11-14-3-2-4-16(19)17(14)20/h2-5,8,13H,6-7,9-12H2,1H3. The largest absolute Gasteiger partial charge is 0.467 e. The lowest BCUT2D eigenvalue weighted by Gasteiger charge is -2.31. The van der Waals surface area contributed by atoms with E-state index in [1.807, 2.05) is 6.07 Å². The molecule has 128 valence electrons. The summed E-state index contributed by atoms with van der Waals surface area (Å²) in [6, 6.07) is 6.68. The summed E-state index contributed by atoms with van der Waals surface area (Å²) < 4.78 is 32.1. The molecule has 1 saturated heterocycles. The second-order valence-electron chi connectivity index (χ2n) is 6.17. The van der Waals surface area contributed by atoms with Gasteiger partial charge in [-0.25, -0.2) is 13.8 Å². The van der Waals surface area contributed by atoms with E-state index in [-0.39, 0.29) is 0 Å². The van der Waals surface area contributed by atoms with Crippen LogP contribution in [0.5, 0.6) is 6.01 Å². The molecule has 2 aromatic rings. The first-order valence-corrected chi connectivity index (χ1v) is 8.17. The summed E-state index contributed by atoms with van der Waals surface area (Å²) in [6.45, 7) is 2.60. The summed E-state index contributed by atoms with van der Waals surface area (Å²) in [5, 5.41) is 0. The Morgan fingerprint density at radius 3 is 2.75 bits per heavy atom. The van der Waals surface area contributed by atoms with Crippen LogP contribution in [0.3, 0.4) is 0 Å². The van der Waals surface area contributed by atoms with Crippen LogP contribution in [0.15, 0.2) is 30.5 Å². The molecule has 0 atom stereocenters. The van der Waals surface area contributed by atoms with Crippen molar-refractivity contribution in [3.8, 4) is 6.01 Å². The fourth-order valence-electron chi connectivity index (χ4n) is 3.16. The molecule has 2 heterocycles. The van der Waals surface area contributed by atoms with E-state index < -0.39 is 11.6 Å². The van der Waals surface area contributed by atoms with Crippen LogP contribution in [-0.4, -0.2) is 35.1 Å². The molecule has 4 nitrogen and oxygen atoms in total. The number of halogens is 2. The predicted octanol–water partition coefficient (Wildman–Crippen LogP) is 3.22. The van der Waals surface area contributed by atoms with Crippen molar-refractivity contribution < 1.29 is 13.5 Å². The Balaban J connectivity index is 1.53. The Morgan fingerprint density at radius 2 is 2.00 bits per heavy atom. The molecule has 0 radical (unpaired) electrons. The number of methoxy groups -OCH3 is 1. The fraction of sp³-hybridized carbons (Fsp3) is 0.444. The van der Waals surface area contributed by atoms with Crippen molar-refractivity contribution in [3.05, 3.63) is 53.4 Å². The third-order valence-electron chi connectivity index (χ3n) is 4.51. The lowest BCUT2D eigenvalue weighted by atomic mass is 9.90. The van der Waals surface area contributed by atoms with Crippen LogP contribution in [0.1, 0.15) is 24.1 Å². The Morgan fingerprint density at radius 1 is 1.21 bits per heavy atom. The quantitative estimate of drug-likeness (QED) is 0.842. The zero-order valence-corrected chi connectivity index (χ0v) is 13.7. The third kappa shape index (κ3) is 4.06. The van der Waals surface area contributed by atoms with E-state index >= 15 is 0 Å². The predicted molar refractivity (Wildman–Crippen MR) is 86.6 cm³/mol. The monoisotopic (exact) mass is 333 g/mol. The van der Waals surface area contributed by atoms with Crippen molar-refractivity contribution in [2.75, 3.05) is 20.2 Å². The summed E-state index contributed by atoms with van der Waals surface area (Å²) in [5.74, 6) is -1.08. The molecule has 0 spiro atoms. The van der Waals surface area contributed by atoms with Gasteiger partial charge in [0.25, 0.3) is 0 Å². The summed E-state index contributed by atoms with van der Waals surface area (Å²) in [6.07, 6.45) is 4.23. The fourth-order valence-corrected chi connectivity index (χ4v) is 3.16. The zero-order chi connectivity index (χ0) is 16.9. The molecular weight excluding hydrogens is 312 g/mol. The molecule has 3 rings (SSSR count). The number of ether oxygens (including phenoxy) is 1. The van der Waals surface area contributed by atoms with E-state index in [0.29, 0.717) is 23.9 Å². The third-order valence-corrected chi connectivity index (χ3v) is 4.51. The average Bonchev–Trinajstić information content (AvgIpc) is 2.61. The molecule has 0 aliphatic carbocycles. The number of likely N-dealkylation sites (tertiary alicyclic amines) is 1. The first-order valence-electron chi connectivity index (χ1n) is 8.17. The van der Waals surface area contributed by atoms with Crippen molar-refractivity contribution >= 4 is 0 Å². The average molecular weight is 333 g/mol. The van der Waals surface area contributed by atoms with Gasteiger partial charge in [0.1, 0.15) is 0 Å². The van der Waals surface area contributed by atoms with Crippen LogP contribution in [0.2, 0.25) is 0 Å². The summed E-state index contributed by atoms with van der Waals surface area (Å²) in [4.78, 5) is 10.7. The van der Waals surface area contributed by atoms with Crippen LogP contribution >= 0.6 is 0 Å². The second-order valence-corrected chi connectivity index (χ2v) is 6.17. The van der Waals surface area contributed by atoms with Crippen LogP contribution in [-0.2, 0) is 13.0 Å². The van der Waals surface area contributed by atoms with Gasteiger partial charge in [-0.2, -0.15) is 4.98 Å². The molecule has 6 heteroatoms. The molecule has 1 aromatic heterocycles. The number of aromatic nitrogens is 2. The van der Waals surface area contributed by atoms with Gasteiger partial charge in [-0.3, -0.25) is 4.90 Å². The highest BCUT2D eigenvalue weighted by atomic mass is 19.2. The highest BCUT2D eigenvalue weighted by Crippen LogP contribution is 2.24. The molecule has 1 aliphatic rings. The van der Waals surface area contributed by atoms with Crippen molar-refractivity contribution in [2.45, 2.75) is 25.8 Å². The number of hydrogen-bond donors (Lipinski definition) is 0. The molecule has 0 unspecified atom stereocenters. The Bertz CT molecular complexity index is 688. The first-order chi connectivity index (χ1) is 11.7. The zero-order valence-electron chi connectivity index (χ0n) is 13.7. The van der Waals surface area contributed by atoms with Gasteiger partial charge in [0.15, 0.2) is 11.6 Å². The minimum Gasteiger partial charge on any atom is -0.467 e. The highest BCUT2D eigenvalue weighted by molar-refractivity contribution is 5.19. The van der Waals surface area contributed by atoms with Crippen molar-refractivity contribution in [1.29, 1.82) is 0 Å². The number of piperidine rings is 1. The molecule has 1 fully saturated rings. The maximum absolute atomic E-state index is 13.8. The van der Waals surface area contributed by atoms with Crippen LogP contribution < -0.4 is 4.74 Å². The van der Waals surface area contributed by atoms with Crippen molar-refractivity contribution in [2.24, 2.45) is 5.92 Å². The number of benzene rings is 1. The lowest BCUT2D eigenvalue weighted by Crippen LogP contribution is -2.34. The molecule has 24 heavy (non-hydrogen) atoms. The Hall–Kier alpha value is -2.08. The van der Waals surface area contributed by atoms with Crippen molar-refractivity contribution in [3.63, 3.8) is 0 Å². The maximum Gasteiger partial charge on any atom is 0.316 e. The molecule has 0 amide bonds. The van der Waals surface area contributed by atoms with E-state index in [2.05, 4.69) is 14.9 Å². The SMILES string of the molecule is COc1nccc(CN2CCC(Cc3cccc(F)c3F)CC2)n1. The molecule has 1 aromatic carbocycles. The van der Waals surface area contributed by atoms with Crippen LogP contribution in [0, 0.1) is 17.6 Å². The minimum atomic E-state index is -0.761. The summed E-state index contributed by atoms with van der Waals surface area (Å²) in [5.41, 5.74) is 1.41. The normalized spacial score (nSPS) is 16.3. The van der Waals surface area contributed by atoms with Gasteiger partial charge in [-0.1, -0.05) is 12.1 Å². The van der Waals surface area contributed by atoms with Gasteiger partial charge in [-0.05, 0) is 56.0 Å². The Labute approximate surface area is 140 Å². The number of nitrogens with zero attached hydrogens (tertiary/aromatic N) is 3. The van der Waals surface area contributed by atoms with Gasteiger partial charge in [0, 0.05) is 12.7 Å². The molecule has 1 aliphatic heterocycles. The molecule has 0 saturated carbocycles. The molecule has 0 N–H and O–H groups in total. The topological polar surface area (TPSA) is 38.2 Å². The van der Waals surface area contributed by atoms with Crippen LogP contribution in [0.4, 0.5) is 8.78 Å². The van der Waals surface area contributed by atoms with Gasteiger partial charge in [0.2, 0.25) is 0 Å². The van der Waals surface area contributed by atoms with Gasteiger partial charge in [-0.15, -0.1) is 0 Å². The van der Waals surface area contributed by atoms with Gasteiger partial charge < -0.3 is 4.74 Å². The van der Waals surface area contributed by atoms with Gasteiger partial charge in [0.05, 0.1) is 12.8 Å². The van der Waals surface area contributed by atoms with Crippen molar-refractivity contribution in [1.82, 2.24) is 14.9 Å². The number of rotatable bonds is 5. The first kappa shape index (κ1) is 16.8. The second kappa shape index (κ2) is 7.66. The van der Waals surface area contributed by atoms with E-state index in [0.717, 1.165) is 44.2 Å². The molecule has 0 bridgehead atoms. The minimum absolute atomic E-state index is 0.379. The number of hydrogen-bond acceptors (Lipinski definition) is 4. The lowest BCUT2D eigenvalue weighted by molar-refractivity contribution is 0.174. The maximum atomic E-state index is 13.8. The van der Waals surface area contributed by atoms with E-state index in [1.54, 1.807) is 25.4 Å². The van der Waals surface area contributed by atoms with E-state index in [9.17, 15) is 8.78 Å². The highest BCUT2D eigenvalue weighted by Gasteiger charge is 2.21. The van der Waals surface area contributed by atoms with Crippen LogP contribution in [0.25, 0.3) is 0 Å². The summed E-state index contributed by atoms with van der Waals surface area (Å²) >= 11 is 0. The van der Waals surface area contributed by atoms with E-state index in [4.69, 9.17) is 4.74 Å². The van der Waals surface area contributed by atoms with Gasteiger partial charge >= 0.3 is 6.01 Å². The smallest absolute Gasteiger partial charge is 0.316 e. The summed E-state index contributed by atoms with van der Waals surface area (Å²) in [7, 11) is 1.55. The molecular formula is C18H21F2N3O. The Kier molecular flexibility index (Phi) is 5.35. The van der Waals surface area contributed by atoms with E-state index in [1.165, 1.54) is 0 Å².